The van der Waals surface area contributed by atoms with E-state index in [-0.39, 0.29) is 97.0 Å². The van der Waals surface area contributed by atoms with Crippen molar-refractivity contribution < 1.29 is 57.6 Å². The molecule has 402 valence electrons. The first-order valence-electron chi connectivity index (χ1n) is 26.4. The van der Waals surface area contributed by atoms with Crippen molar-refractivity contribution in [2.45, 2.75) is 69.0 Å². The minimum Gasteiger partial charge on any atom is -0.459 e. The zero-order chi connectivity index (χ0) is 55.6. The second kappa shape index (κ2) is 20.8. The standard InChI is InChI=1S/C64H46N2O12S3/c67-51-39-25-13-14-26-40(39)52(68)49(51)65-45-29-43-55(79-45)57-47(63(43,59(71)75-31-35-17-5-1-6-18-35)60(72)76-32-36-19-7-2-8-20-36)48-58(81-57)56-44(30-46(80-56)66-50-53(69)41-27-15-16-28-42(41)54(50)70)64(48,61(73)77-33-37-21-9-3-10-22-37)62(74)78-34-38-23-11-4-12-24-38/h1-14,17-26,29-30,41-42,51,67H,15-16,27-28,31-34H2. The van der Waals surface area contributed by atoms with E-state index in [1.165, 1.54) is 12.1 Å². The number of ketones is 3. The van der Waals surface area contributed by atoms with Crippen LogP contribution in [0.5, 0.6) is 0 Å². The Kier molecular flexibility index (Phi) is 13.3. The van der Waals surface area contributed by atoms with Crippen LogP contribution >= 0.6 is 34.0 Å². The number of rotatable bonds is 14. The molecule has 0 amide bonds. The monoisotopic (exact) mass is 1130 g/mol. The predicted octanol–water partition coefficient (Wildman–Crippen LogP) is 11.4. The Balaban J connectivity index is 1.06. The van der Waals surface area contributed by atoms with Crippen LogP contribution in [-0.4, -0.2) is 57.8 Å². The maximum Gasteiger partial charge on any atom is 0.333 e. The number of Topliss-reactive ketones (excluding diaryl/α,β-unsaturated/α-hetero) is 3. The molecule has 1 N–H and O–H groups in total. The number of carbonyl (C=O) groups excluding carboxylic acids is 7. The van der Waals surface area contributed by atoms with Crippen LogP contribution in [0.25, 0.3) is 19.5 Å². The van der Waals surface area contributed by atoms with E-state index in [4.69, 9.17) is 28.9 Å². The third-order valence-corrected chi connectivity index (χ3v) is 19.3. The fraction of sp³-hybridized carbons (Fsp3) is 0.203. The molecule has 0 aliphatic heterocycles. The highest BCUT2D eigenvalue weighted by Gasteiger charge is 2.69. The van der Waals surface area contributed by atoms with Crippen molar-refractivity contribution in [1.82, 2.24) is 0 Å². The number of esters is 4. The maximum absolute atomic E-state index is 16.1. The molecule has 2 saturated carbocycles. The smallest absolute Gasteiger partial charge is 0.333 e. The second-order valence-corrected chi connectivity index (χ2v) is 23.5. The van der Waals surface area contributed by atoms with Gasteiger partial charge in [0.15, 0.2) is 17.3 Å². The normalized spacial score (nSPS) is 19.0. The van der Waals surface area contributed by atoms with Gasteiger partial charge in [-0.15, -0.1) is 34.0 Å². The summed E-state index contributed by atoms with van der Waals surface area (Å²) in [4.78, 5) is 117. The molecule has 17 heteroatoms. The number of aliphatic hydroxyl groups is 1. The first kappa shape index (κ1) is 51.8. The van der Waals surface area contributed by atoms with Gasteiger partial charge in [0.2, 0.25) is 16.6 Å². The Morgan fingerprint density at radius 2 is 0.852 bits per heavy atom. The van der Waals surface area contributed by atoms with Crippen molar-refractivity contribution in [3.05, 3.63) is 213 Å². The Morgan fingerprint density at radius 3 is 1.25 bits per heavy atom. The number of thiophene rings is 3. The predicted molar refractivity (Wildman–Crippen MR) is 303 cm³/mol. The minimum absolute atomic E-state index is 0.0377. The third-order valence-electron chi connectivity index (χ3n) is 15.7. The molecule has 13 rings (SSSR count). The molecule has 3 aromatic heterocycles. The molecular formula is C64H46N2O12S3. The van der Waals surface area contributed by atoms with Gasteiger partial charge < -0.3 is 24.1 Å². The quantitative estimate of drug-likeness (QED) is 0.0614. The summed E-state index contributed by atoms with van der Waals surface area (Å²) in [5, 5.41) is 11.8. The summed E-state index contributed by atoms with van der Waals surface area (Å²) in [7, 11) is 0. The third kappa shape index (κ3) is 8.48. The summed E-state index contributed by atoms with van der Waals surface area (Å²) in [5.41, 5.74) is -2.74. The lowest BCUT2D eigenvalue weighted by atomic mass is 9.70. The van der Waals surface area contributed by atoms with Gasteiger partial charge in [-0.2, -0.15) is 0 Å². The molecular weight excluding hydrogens is 1080 g/mol. The van der Waals surface area contributed by atoms with E-state index in [1.54, 1.807) is 146 Å². The summed E-state index contributed by atoms with van der Waals surface area (Å²) < 4.78 is 25.2. The first-order valence-corrected chi connectivity index (χ1v) is 28.8. The van der Waals surface area contributed by atoms with Crippen molar-refractivity contribution in [3.8, 4) is 19.5 Å². The van der Waals surface area contributed by atoms with Gasteiger partial charge in [-0.1, -0.05) is 158 Å². The molecule has 5 aromatic carbocycles. The number of benzene rings is 5. The van der Waals surface area contributed by atoms with E-state index in [1.807, 2.05) is 0 Å². The van der Waals surface area contributed by atoms with Crippen LogP contribution in [0.1, 0.15) is 92.2 Å². The fourth-order valence-corrected chi connectivity index (χ4v) is 15.8. The SMILES string of the molecule is O=C1C(=Nc2cc3c(s2)-c2sc4c(c2C3(C(=O)OCc2ccccc2)C(=O)OCc2ccccc2)C(C(=O)OCc2ccccc2)(C(=O)OCc2ccccc2)c2cc(N=C3C(=O)C5CCCCC5C3=O)sc2-4)C(O)c2ccccc21. The van der Waals surface area contributed by atoms with Crippen LogP contribution in [0, 0.1) is 11.8 Å². The number of carbonyl (C=O) groups is 7. The molecule has 5 aliphatic carbocycles. The lowest BCUT2D eigenvalue weighted by Gasteiger charge is -2.32. The van der Waals surface area contributed by atoms with Gasteiger partial charge in [0.05, 0.1) is 19.5 Å². The highest BCUT2D eigenvalue weighted by Crippen LogP contribution is 2.68. The highest BCUT2D eigenvalue weighted by atomic mass is 32.1. The summed E-state index contributed by atoms with van der Waals surface area (Å²) in [6.07, 6.45) is 1.36. The van der Waals surface area contributed by atoms with Gasteiger partial charge in [0.25, 0.3) is 0 Å². The van der Waals surface area contributed by atoms with E-state index < -0.39 is 58.4 Å². The van der Waals surface area contributed by atoms with Crippen molar-refractivity contribution in [3.63, 3.8) is 0 Å². The molecule has 0 spiro atoms. The minimum atomic E-state index is -2.63. The van der Waals surface area contributed by atoms with Crippen LogP contribution in [0.15, 0.2) is 168 Å². The zero-order valence-corrected chi connectivity index (χ0v) is 45.4. The Hall–Kier alpha value is -8.61. The molecule has 5 aliphatic rings. The van der Waals surface area contributed by atoms with Crippen molar-refractivity contribution in [2.75, 3.05) is 0 Å². The number of aliphatic imine (C=N–C) groups is 2. The van der Waals surface area contributed by atoms with Gasteiger partial charge in [0, 0.05) is 39.7 Å². The molecule has 0 bridgehead atoms. The van der Waals surface area contributed by atoms with Crippen LogP contribution in [-0.2, 0) is 85.0 Å². The Morgan fingerprint density at radius 1 is 0.481 bits per heavy atom. The Bertz CT molecular complexity index is 3840. The summed E-state index contributed by atoms with van der Waals surface area (Å²) in [6, 6.07) is 45.0. The topological polar surface area (TPSA) is 201 Å². The molecule has 3 heterocycles. The number of fused-ring (bicyclic) bond motifs is 9. The molecule has 8 aromatic rings. The lowest BCUT2D eigenvalue weighted by molar-refractivity contribution is -0.167. The van der Waals surface area contributed by atoms with Crippen LogP contribution in [0.2, 0.25) is 0 Å². The van der Waals surface area contributed by atoms with E-state index in [0.29, 0.717) is 50.4 Å². The summed E-state index contributed by atoms with van der Waals surface area (Å²) in [5.74, 6) is -6.62. The molecule has 2 fully saturated rings. The van der Waals surface area contributed by atoms with Gasteiger partial charge in [-0.25, -0.2) is 9.98 Å². The fourth-order valence-electron chi connectivity index (χ4n) is 11.9. The maximum atomic E-state index is 16.1. The molecule has 3 unspecified atom stereocenters. The van der Waals surface area contributed by atoms with Crippen molar-refractivity contribution in [1.29, 1.82) is 0 Å². The van der Waals surface area contributed by atoms with E-state index in [0.717, 1.165) is 46.9 Å². The summed E-state index contributed by atoms with van der Waals surface area (Å²) >= 11 is 3.15. The Labute approximate surface area is 475 Å². The lowest BCUT2D eigenvalue weighted by Crippen LogP contribution is -2.50. The van der Waals surface area contributed by atoms with Crippen molar-refractivity contribution in [2.24, 2.45) is 21.8 Å². The number of aliphatic hydroxyl groups excluding tert-OH is 1. The van der Waals surface area contributed by atoms with Gasteiger partial charge >= 0.3 is 23.9 Å². The van der Waals surface area contributed by atoms with Crippen molar-refractivity contribution >= 4 is 96.7 Å². The molecule has 81 heavy (non-hydrogen) atoms. The van der Waals surface area contributed by atoms with Gasteiger partial charge in [0.1, 0.15) is 48.2 Å². The van der Waals surface area contributed by atoms with Crippen LogP contribution in [0.4, 0.5) is 10.0 Å². The molecule has 3 atom stereocenters. The number of hydrogen-bond donors (Lipinski definition) is 1. The largest absolute Gasteiger partial charge is 0.459 e. The molecule has 0 saturated heterocycles. The zero-order valence-electron chi connectivity index (χ0n) is 43.0. The number of hydrogen-bond acceptors (Lipinski definition) is 17. The second-order valence-electron chi connectivity index (χ2n) is 20.4. The highest BCUT2D eigenvalue weighted by molar-refractivity contribution is 7.29. The number of nitrogens with zero attached hydrogens (tertiary/aromatic N) is 2. The average molecular weight is 1130 g/mol. The van der Waals surface area contributed by atoms with Gasteiger partial charge in [-0.3, -0.25) is 33.6 Å². The van der Waals surface area contributed by atoms with Crippen LogP contribution < -0.4 is 0 Å². The van der Waals surface area contributed by atoms with Gasteiger partial charge in [-0.05, 0) is 52.8 Å². The summed E-state index contributed by atoms with van der Waals surface area (Å²) in [6.45, 7) is -1.26. The molecule has 14 nitrogen and oxygen atoms in total. The van der Waals surface area contributed by atoms with E-state index in [2.05, 4.69) is 0 Å². The average Bonchev–Trinajstić information content (AvgIpc) is 3.08. The number of ether oxygens (including phenoxy) is 4. The molecule has 0 radical (unpaired) electrons. The van der Waals surface area contributed by atoms with E-state index in [9.17, 15) is 19.5 Å². The van der Waals surface area contributed by atoms with E-state index >= 15 is 19.2 Å². The first-order chi connectivity index (χ1) is 39.5. The van der Waals surface area contributed by atoms with Crippen LogP contribution in [0.3, 0.4) is 0 Å².